The summed E-state index contributed by atoms with van der Waals surface area (Å²) in [4.78, 5) is 15.4. The fourth-order valence-corrected chi connectivity index (χ4v) is 3.40. The Hall–Kier alpha value is -1.96. The highest BCUT2D eigenvalue weighted by atomic mass is 35.5. The number of nitrogens with zero attached hydrogens (tertiary/aromatic N) is 1. The van der Waals surface area contributed by atoms with Gasteiger partial charge in [0.05, 0.1) is 30.2 Å². The van der Waals surface area contributed by atoms with Crippen LogP contribution in [-0.2, 0) is 21.3 Å². The summed E-state index contributed by atoms with van der Waals surface area (Å²) in [5.74, 6) is -0.496. The molecular weight excluding hydrogens is 364 g/mol. The summed E-state index contributed by atoms with van der Waals surface area (Å²) in [6, 6.07) is 8.29. The van der Waals surface area contributed by atoms with Crippen molar-refractivity contribution < 1.29 is 17.9 Å². The molecule has 1 N–H and O–H groups in total. The van der Waals surface area contributed by atoms with Crippen LogP contribution in [0.3, 0.4) is 0 Å². The largest absolute Gasteiger partial charge is 0.465 e. The molecule has 0 saturated carbocycles. The normalized spacial score (nSPS) is 12.6. The van der Waals surface area contributed by atoms with E-state index in [9.17, 15) is 13.2 Å². The molecule has 1 heterocycles. The Labute approximate surface area is 152 Å². The quantitative estimate of drug-likeness (QED) is 0.776. The number of aryl methyl sites for hydroxylation is 1. The van der Waals surface area contributed by atoms with Crippen LogP contribution in [0.1, 0.15) is 39.4 Å². The number of hydrogen-bond donors (Lipinski definition) is 1. The van der Waals surface area contributed by atoms with Crippen LogP contribution < -0.4 is 4.72 Å². The Morgan fingerprint density at radius 1 is 1.32 bits per heavy atom. The number of nitrogens with one attached hydrogen (secondary N) is 1. The van der Waals surface area contributed by atoms with Crippen molar-refractivity contribution in [2.45, 2.75) is 25.6 Å². The highest BCUT2D eigenvalue weighted by Gasteiger charge is 2.22. The van der Waals surface area contributed by atoms with Gasteiger partial charge >= 0.3 is 5.97 Å². The molecule has 0 radical (unpaired) electrons. The Kier molecular flexibility index (Phi) is 6.16. The molecule has 8 heteroatoms. The topological polar surface area (TPSA) is 85.4 Å². The first-order valence-corrected chi connectivity index (χ1v) is 9.45. The van der Waals surface area contributed by atoms with Crippen molar-refractivity contribution in [3.63, 3.8) is 0 Å². The first-order chi connectivity index (χ1) is 11.7. The van der Waals surface area contributed by atoms with E-state index in [-0.39, 0.29) is 6.54 Å². The van der Waals surface area contributed by atoms with E-state index in [2.05, 4.69) is 14.4 Å². The van der Waals surface area contributed by atoms with Gasteiger partial charge in [-0.25, -0.2) is 17.9 Å². The summed E-state index contributed by atoms with van der Waals surface area (Å²) >= 11 is 6.07. The molecule has 1 aromatic carbocycles. The Morgan fingerprint density at radius 3 is 2.60 bits per heavy atom. The number of ether oxygens (including phenoxy) is 1. The zero-order valence-electron chi connectivity index (χ0n) is 14.1. The fourth-order valence-electron chi connectivity index (χ4n) is 2.11. The SMILES string of the molecule is COC(=O)c1ccc(CNS(=O)(=O)C(C)c2ccc(C)c(Cl)c2)nc1. The summed E-state index contributed by atoms with van der Waals surface area (Å²) in [5, 5.41) is -0.237. The highest BCUT2D eigenvalue weighted by molar-refractivity contribution is 7.89. The second-order valence-electron chi connectivity index (χ2n) is 5.55. The van der Waals surface area contributed by atoms with Gasteiger partial charge in [0.2, 0.25) is 10.0 Å². The minimum absolute atomic E-state index is 0.0215. The highest BCUT2D eigenvalue weighted by Crippen LogP contribution is 2.25. The predicted octanol–water partition coefficient (Wildman–Crippen LogP) is 3.01. The molecule has 1 aromatic heterocycles. The van der Waals surface area contributed by atoms with E-state index in [1.54, 1.807) is 31.2 Å². The third kappa shape index (κ3) is 4.78. The number of carbonyl (C=O) groups is 1. The third-order valence-corrected chi connectivity index (χ3v) is 5.99. The third-order valence-electron chi connectivity index (χ3n) is 3.83. The lowest BCUT2D eigenvalue weighted by atomic mass is 10.1. The molecule has 0 aliphatic rings. The van der Waals surface area contributed by atoms with Crippen molar-refractivity contribution in [1.82, 2.24) is 9.71 Å². The van der Waals surface area contributed by atoms with E-state index in [4.69, 9.17) is 11.6 Å². The van der Waals surface area contributed by atoms with Crippen molar-refractivity contribution in [2.75, 3.05) is 7.11 Å². The van der Waals surface area contributed by atoms with Crippen LogP contribution in [0.4, 0.5) is 0 Å². The first-order valence-electron chi connectivity index (χ1n) is 7.52. The average molecular weight is 383 g/mol. The lowest BCUT2D eigenvalue weighted by Gasteiger charge is -2.15. The first kappa shape index (κ1) is 19.4. The summed E-state index contributed by atoms with van der Waals surface area (Å²) < 4.78 is 32.0. The maximum Gasteiger partial charge on any atom is 0.339 e. The van der Waals surface area contributed by atoms with Crippen LogP contribution in [0.15, 0.2) is 36.5 Å². The maximum absolute atomic E-state index is 12.5. The number of hydrogen-bond acceptors (Lipinski definition) is 5. The van der Waals surface area contributed by atoms with Gasteiger partial charge in [0.1, 0.15) is 0 Å². The molecule has 0 spiro atoms. The number of carbonyl (C=O) groups excluding carboxylic acids is 1. The van der Waals surface area contributed by atoms with Crippen molar-refractivity contribution in [2.24, 2.45) is 0 Å². The van der Waals surface area contributed by atoms with E-state index in [0.717, 1.165) is 5.56 Å². The number of methoxy groups -OCH3 is 1. The van der Waals surface area contributed by atoms with Gasteiger partial charge in [0.15, 0.2) is 0 Å². The van der Waals surface area contributed by atoms with Crippen LogP contribution in [0, 0.1) is 6.92 Å². The van der Waals surface area contributed by atoms with Gasteiger partial charge in [-0.2, -0.15) is 0 Å². The second-order valence-corrected chi connectivity index (χ2v) is 8.04. The molecule has 0 aliphatic carbocycles. The van der Waals surface area contributed by atoms with E-state index in [1.807, 2.05) is 6.92 Å². The van der Waals surface area contributed by atoms with E-state index in [1.165, 1.54) is 19.4 Å². The molecule has 1 atom stereocenters. The molecule has 1 unspecified atom stereocenters. The van der Waals surface area contributed by atoms with Gasteiger partial charge in [-0.05, 0) is 43.2 Å². The molecule has 2 aromatic rings. The summed E-state index contributed by atoms with van der Waals surface area (Å²) in [6.45, 7) is 3.47. The van der Waals surface area contributed by atoms with Gasteiger partial charge in [-0.15, -0.1) is 0 Å². The molecule has 134 valence electrons. The van der Waals surface area contributed by atoms with Crippen LogP contribution in [0.5, 0.6) is 0 Å². The van der Waals surface area contributed by atoms with E-state index in [0.29, 0.717) is 21.8 Å². The molecule has 0 amide bonds. The maximum atomic E-state index is 12.5. The number of pyridine rings is 1. The molecule has 0 bridgehead atoms. The number of rotatable bonds is 6. The molecule has 0 saturated heterocycles. The molecule has 0 aliphatic heterocycles. The molecule has 25 heavy (non-hydrogen) atoms. The fraction of sp³-hybridized carbons (Fsp3) is 0.294. The standard InChI is InChI=1S/C17H19ClN2O4S/c1-11-4-5-13(8-16(11)18)12(2)25(22,23)20-10-15-7-6-14(9-19-15)17(21)24-3/h4-9,12,20H,10H2,1-3H3. The molecule has 2 rings (SSSR count). The van der Waals surface area contributed by atoms with E-state index < -0.39 is 21.2 Å². The van der Waals surface area contributed by atoms with Crippen LogP contribution in [0.25, 0.3) is 0 Å². The summed E-state index contributed by atoms with van der Waals surface area (Å²) in [6.07, 6.45) is 1.35. The van der Waals surface area contributed by atoms with Gasteiger partial charge in [0, 0.05) is 11.2 Å². The Bertz CT molecular complexity index is 867. The van der Waals surface area contributed by atoms with Crippen LogP contribution in [0.2, 0.25) is 5.02 Å². The number of sulfonamides is 1. The molecule has 0 fully saturated rings. The van der Waals surface area contributed by atoms with Crippen molar-refractivity contribution in [3.8, 4) is 0 Å². The van der Waals surface area contributed by atoms with Crippen molar-refractivity contribution in [1.29, 1.82) is 0 Å². The summed E-state index contributed by atoms with van der Waals surface area (Å²) in [5.41, 5.74) is 2.29. The minimum atomic E-state index is -3.61. The lowest BCUT2D eigenvalue weighted by molar-refractivity contribution is 0.0600. The van der Waals surface area contributed by atoms with Crippen molar-refractivity contribution in [3.05, 3.63) is 63.9 Å². The zero-order valence-corrected chi connectivity index (χ0v) is 15.7. The Balaban J connectivity index is 2.07. The lowest BCUT2D eigenvalue weighted by Crippen LogP contribution is -2.28. The Morgan fingerprint density at radius 2 is 2.04 bits per heavy atom. The summed E-state index contributed by atoms with van der Waals surface area (Å²) in [7, 11) is -2.33. The number of aromatic nitrogens is 1. The zero-order chi connectivity index (χ0) is 18.6. The monoisotopic (exact) mass is 382 g/mol. The smallest absolute Gasteiger partial charge is 0.339 e. The average Bonchev–Trinajstić information content (AvgIpc) is 2.61. The van der Waals surface area contributed by atoms with Crippen LogP contribution in [-0.4, -0.2) is 26.5 Å². The molecular formula is C17H19ClN2O4S. The minimum Gasteiger partial charge on any atom is -0.465 e. The van der Waals surface area contributed by atoms with Gasteiger partial charge < -0.3 is 4.74 Å². The second kappa shape index (κ2) is 7.95. The van der Waals surface area contributed by atoms with Gasteiger partial charge in [-0.3, -0.25) is 4.98 Å². The van der Waals surface area contributed by atoms with Gasteiger partial charge in [-0.1, -0.05) is 23.7 Å². The number of halogens is 1. The van der Waals surface area contributed by atoms with E-state index >= 15 is 0 Å². The van der Waals surface area contributed by atoms with Gasteiger partial charge in [0.25, 0.3) is 0 Å². The van der Waals surface area contributed by atoms with Crippen molar-refractivity contribution >= 4 is 27.6 Å². The van der Waals surface area contributed by atoms with Crippen LogP contribution >= 0.6 is 11.6 Å². The number of esters is 1. The molecule has 6 nitrogen and oxygen atoms in total. The predicted molar refractivity (Wildman–Crippen MR) is 95.9 cm³/mol. The number of benzene rings is 1.